The van der Waals surface area contributed by atoms with Gasteiger partial charge in [-0.2, -0.15) is 0 Å². The van der Waals surface area contributed by atoms with Crippen LogP contribution in [0.25, 0.3) is 11.0 Å². The van der Waals surface area contributed by atoms with E-state index in [2.05, 4.69) is 0 Å². The topological polar surface area (TPSA) is 78.1 Å². The minimum Gasteiger partial charge on any atom is -0.507 e. The number of ether oxygens (including phenoxy) is 3. The third-order valence-corrected chi connectivity index (χ3v) is 3.27. The number of phenols is 1. The van der Waals surface area contributed by atoms with Crippen LogP contribution in [0.4, 0.5) is 0 Å². The molecule has 1 aromatic heterocycles. The average Bonchev–Trinajstić information content (AvgIpc) is 2.54. The Labute approximate surface area is 131 Å². The van der Waals surface area contributed by atoms with Gasteiger partial charge in [0, 0.05) is 12.1 Å². The van der Waals surface area contributed by atoms with Gasteiger partial charge in [0.25, 0.3) is 5.95 Å². The Kier molecular flexibility index (Phi) is 3.80. The lowest BCUT2D eigenvalue weighted by molar-refractivity contribution is 0.350. The Morgan fingerprint density at radius 1 is 0.913 bits per heavy atom. The SMILES string of the molecule is COc1ccc(Oc2cc(=O)c3c(O)cc(OC)cc3o2)cc1. The van der Waals surface area contributed by atoms with Crippen molar-refractivity contribution in [3.05, 3.63) is 52.7 Å². The van der Waals surface area contributed by atoms with Crippen molar-refractivity contribution in [3.63, 3.8) is 0 Å². The summed E-state index contributed by atoms with van der Waals surface area (Å²) in [6, 6.07) is 10.9. The minimum absolute atomic E-state index is 0.0142. The van der Waals surface area contributed by atoms with Gasteiger partial charge in [-0.25, -0.2) is 0 Å². The minimum atomic E-state index is -0.407. The van der Waals surface area contributed by atoms with Crippen molar-refractivity contribution in [2.24, 2.45) is 0 Å². The van der Waals surface area contributed by atoms with Gasteiger partial charge in [-0.05, 0) is 24.3 Å². The van der Waals surface area contributed by atoms with Gasteiger partial charge in [0.15, 0.2) is 5.43 Å². The molecule has 0 aliphatic heterocycles. The normalized spacial score (nSPS) is 10.5. The van der Waals surface area contributed by atoms with Gasteiger partial charge in [-0.3, -0.25) is 4.79 Å². The smallest absolute Gasteiger partial charge is 0.294 e. The fourth-order valence-corrected chi connectivity index (χ4v) is 2.15. The summed E-state index contributed by atoms with van der Waals surface area (Å²) in [5, 5.41) is 9.98. The van der Waals surface area contributed by atoms with Crippen molar-refractivity contribution in [2.45, 2.75) is 0 Å². The zero-order valence-electron chi connectivity index (χ0n) is 12.5. The molecule has 0 unspecified atom stereocenters. The van der Waals surface area contributed by atoms with Crippen molar-refractivity contribution in [3.8, 4) is 28.9 Å². The molecule has 0 atom stereocenters. The highest BCUT2D eigenvalue weighted by Gasteiger charge is 2.12. The van der Waals surface area contributed by atoms with E-state index in [4.69, 9.17) is 18.6 Å². The molecule has 0 bridgehead atoms. The summed E-state index contributed by atoms with van der Waals surface area (Å²) in [6.45, 7) is 0. The summed E-state index contributed by atoms with van der Waals surface area (Å²) < 4.78 is 21.2. The van der Waals surface area contributed by atoms with Crippen molar-refractivity contribution >= 4 is 11.0 Å². The number of benzene rings is 2. The monoisotopic (exact) mass is 314 g/mol. The summed E-state index contributed by atoms with van der Waals surface area (Å²) in [5.41, 5.74) is -0.229. The van der Waals surface area contributed by atoms with Crippen LogP contribution >= 0.6 is 0 Å². The van der Waals surface area contributed by atoms with Crippen LogP contribution < -0.4 is 19.6 Å². The van der Waals surface area contributed by atoms with E-state index in [-0.39, 0.29) is 22.7 Å². The highest BCUT2D eigenvalue weighted by molar-refractivity contribution is 5.84. The quantitative estimate of drug-likeness (QED) is 0.796. The number of phenolic OH excluding ortho intramolecular Hbond substituents is 1. The zero-order valence-corrected chi connectivity index (χ0v) is 12.5. The summed E-state index contributed by atoms with van der Waals surface area (Å²) in [5.74, 6) is 1.36. The number of hydrogen-bond donors (Lipinski definition) is 1. The van der Waals surface area contributed by atoms with E-state index in [9.17, 15) is 9.90 Å². The van der Waals surface area contributed by atoms with Crippen LogP contribution in [0.3, 0.4) is 0 Å². The van der Waals surface area contributed by atoms with Crippen LogP contribution in [0.15, 0.2) is 51.7 Å². The van der Waals surface area contributed by atoms with E-state index in [0.717, 1.165) is 0 Å². The first-order valence-electron chi connectivity index (χ1n) is 6.77. The lowest BCUT2D eigenvalue weighted by atomic mass is 10.2. The molecule has 0 saturated heterocycles. The molecule has 1 heterocycles. The van der Waals surface area contributed by atoms with Gasteiger partial charge in [0.2, 0.25) is 0 Å². The number of hydrogen-bond acceptors (Lipinski definition) is 6. The summed E-state index contributed by atoms with van der Waals surface area (Å²) >= 11 is 0. The summed E-state index contributed by atoms with van der Waals surface area (Å²) in [4.78, 5) is 12.1. The van der Waals surface area contributed by atoms with Gasteiger partial charge in [0.1, 0.15) is 34.0 Å². The molecule has 0 aliphatic carbocycles. The zero-order chi connectivity index (χ0) is 16.4. The molecule has 0 amide bonds. The standard InChI is InChI=1S/C17H14O6/c1-20-10-3-5-11(6-4-10)22-16-9-14(19)17-13(18)7-12(21-2)8-15(17)23-16/h3-9,18H,1-2H3. The predicted octanol–water partition coefficient (Wildman–Crippen LogP) is 3.31. The fourth-order valence-electron chi connectivity index (χ4n) is 2.15. The molecule has 0 spiro atoms. The molecule has 6 heteroatoms. The Bertz CT molecular complexity index is 895. The molecule has 23 heavy (non-hydrogen) atoms. The largest absolute Gasteiger partial charge is 0.507 e. The third kappa shape index (κ3) is 2.91. The molecule has 118 valence electrons. The van der Waals surface area contributed by atoms with Crippen molar-refractivity contribution in [1.29, 1.82) is 0 Å². The Morgan fingerprint density at radius 2 is 1.57 bits per heavy atom. The molecular weight excluding hydrogens is 300 g/mol. The van der Waals surface area contributed by atoms with Gasteiger partial charge in [-0.15, -0.1) is 0 Å². The first kappa shape index (κ1) is 14.8. The molecule has 0 aliphatic rings. The van der Waals surface area contributed by atoms with Crippen LogP contribution in [-0.2, 0) is 0 Å². The Hall–Kier alpha value is -3.15. The first-order valence-corrected chi connectivity index (χ1v) is 6.77. The second-order valence-corrected chi connectivity index (χ2v) is 4.73. The van der Waals surface area contributed by atoms with E-state index in [1.807, 2.05) is 0 Å². The second kappa shape index (κ2) is 5.92. The fraction of sp³-hybridized carbons (Fsp3) is 0.118. The van der Waals surface area contributed by atoms with Crippen LogP contribution in [0, 0.1) is 0 Å². The summed E-state index contributed by atoms with van der Waals surface area (Å²) in [6.07, 6.45) is 0. The molecular formula is C17H14O6. The molecule has 3 aromatic rings. The number of aromatic hydroxyl groups is 1. The molecule has 6 nitrogen and oxygen atoms in total. The molecule has 0 radical (unpaired) electrons. The summed E-state index contributed by atoms with van der Waals surface area (Å²) in [7, 11) is 3.02. The van der Waals surface area contributed by atoms with Crippen LogP contribution in [0.5, 0.6) is 28.9 Å². The maximum absolute atomic E-state index is 12.1. The predicted molar refractivity (Wildman–Crippen MR) is 83.8 cm³/mol. The van der Waals surface area contributed by atoms with Crippen LogP contribution in [0.2, 0.25) is 0 Å². The molecule has 3 rings (SSSR count). The van der Waals surface area contributed by atoms with Gasteiger partial charge < -0.3 is 23.7 Å². The van der Waals surface area contributed by atoms with E-state index in [1.54, 1.807) is 31.4 Å². The van der Waals surface area contributed by atoms with E-state index >= 15 is 0 Å². The van der Waals surface area contributed by atoms with Crippen molar-refractivity contribution in [2.75, 3.05) is 14.2 Å². The highest BCUT2D eigenvalue weighted by Crippen LogP contribution is 2.31. The maximum Gasteiger partial charge on any atom is 0.294 e. The van der Waals surface area contributed by atoms with Crippen LogP contribution in [0.1, 0.15) is 0 Å². The van der Waals surface area contributed by atoms with Gasteiger partial charge >= 0.3 is 0 Å². The van der Waals surface area contributed by atoms with Crippen LogP contribution in [-0.4, -0.2) is 19.3 Å². The number of methoxy groups -OCH3 is 2. The average molecular weight is 314 g/mol. The van der Waals surface area contributed by atoms with Gasteiger partial charge in [0.05, 0.1) is 20.3 Å². The Balaban J connectivity index is 2.02. The van der Waals surface area contributed by atoms with Gasteiger partial charge in [-0.1, -0.05) is 0 Å². The van der Waals surface area contributed by atoms with Crippen molar-refractivity contribution in [1.82, 2.24) is 0 Å². The molecule has 0 fully saturated rings. The lowest BCUT2D eigenvalue weighted by Crippen LogP contribution is -2.01. The number of rotatable bonds is 4. The molecule has 0 saturated carbocycles. The van der Waals surface area contributed by atoms with E-state index in [0.29, 0.717) is 17.2 Å². The Morgan fingerprint density at radius 3 is 2.22 bits per heavy atom. The second-order valence-electron chi connectivity index (χ2n) is 4.73. The third-order valence-electron chi connectivity index (χ3n) is 3.27. The molecule has 2 aromatic carbocycles. The van der Waals surface area contributed by atoms with Crippen molar-refractivity contribution < 1.29 is 23.7 Å². The maximum atomic E-state index is 12.1. The molecule has 1 N–H and O–H groups in total. The van der Waals surface area contributed by atoms with E-state index < -0.39 is 5.43 Å². The highest BCUT2D eigenvalue weighted by atomic mass is 16.6. The first-order chi connectivity index (χ1) is 11.1. The number of fused-ring (bicyclic) bond motifs is 1. The van der Waals surface area contributed by atoms with E-state index in [1.165, 1.54) is 25.3 Å². The lowest BCUT2D eigenvalue weighted by Gasteiger charge is -2.08.